The molecule has 42 heavy (non-hydrogen) atoms. The van der Waals surface area contributed by atoms with Gasteiger partial charge in [-0.05, 0) is 74.8 Å². The summed E-state index contributed by atoms with van der Waals surface area (Å²) in [6.45, 7) is 8.81. The standard InChI is InChI=1S/C32H40N4O6/c1-21-8-6-15-36(31(39)42-32(2,3)4)28(21)29(37)34-25(20-33)18-22-9-11-23(12-10-22)24-13-14-27-26(19-24)35(30(38)41-27)16-7-17-40-5/h9-14,19,21,25,28H,6-8,15-18H2,1-5H3,(H,34,37)/t21-,25+,28+/m1/s1. The molecule has 1 aromatic heterocycles. The fourth-order valence-corrected chi connectivity index (χ4v) is 5.39. The lowest BCUT2D eigenvalue weighted by Gasteiger charge is -2.39. The van der Waals surface area contributed by atoms with Crippen molar-refractivity contribution >= 4 is 23.1 Å². The number of benzene rings is 2. The molecule has 2 heterocycles. The van der Waals surface area contributed by atoms with E-state index in [2.05, 4.69) is 11.4 Å². The number of aryl methyl sites for hydroxylation is 1. The number of rotatable bonds is 9. The van der Waals surface area contributed by atoms with Gasteiger partial charge in [0.05, 0.1) is 11.6 Å². The van der Waals surface area contributed by atoms with Crippen LogP contribution in [-0.2, 0) is 27.2 Å². The summed E-state index contributed by atoms with van der Waals surface area (Å²) in [6, 6.07) is 14.1. The summed E-state index contributed by atoms with van der Waals surface area (Å²) in [7, 11) is 1.63. The Morgan fingerprint density at radius 1 is 1.17 bits per heavy atom. The van der Waals surface area contributed by atoms with Crippen molar-refractivity contribution < 1.29 is 23.5 Å². The van der Waals surface area contributed by atoms with Gasteiger partial charge < -0.3 is 19.2 Å². The summed E-state index contributed by atoms with van der Waals surface area (Å²) in [5, 5.41) is 12.7. The number of fused-ring (bicyclic) bond motifs is 1. The minimum Gasteiger partial charge on any atom is -0.444 e. The number of amides is 2. The summed E-state index contributed by atoms with van der Waals surface area (Å²) in [6.07, 6.45) is 2.09. The molecule has 1 saturated heterocycles. The molecule has 10 heteroatoms. The Bertz CT molecular complexity index is 1490. The summed E-state index contributed by atoms with van der Waals surface area (Å²) < 4.78 is 17.7. The largest absolute Gasteiger partial charge is 0.444 e. The number of nitriles is 1. The van der Waals surface area contributed by atoms with E-state index in [-0.39, 0.29) is 11.8 Å². The van der Waals surface area contributed by atoms with Gasteiger partial charge in [-0.15, -0.1) is 0 Å². The number of methoxy groups -OCH3 is 1. The second-order valence-electron chi connectivity index (χ2n) is 11.9. The van der Waals surface area contributed by atoms with Crippen molar-refractivity contribution in [1.82, 2.24) is 14.8 Å². The first-order valence-corrected chi connectivity index (χ1v) is 14.4. The number of ether oxygens (including phenoxy) is 2. The van der Waals surface area contributed by atoms with E-state index in [1.54, 1.807) is 38.5 Å². The minimum absolute atomic E-state index is 0.0613. The molecule has 0 spiro atoms. The van der Waals surface area contributed by atoms with Crippen LogP contribution in [0.3, 0.4) is 0 Å². The lowest BCUT2D eigenvalue weighted by Crippen LogP contribution is -2.57. The van der Waals surface area contributed by atoms with Crippen molar-refractivity contribution in [3.05, 3.63) is 58.6 Å². The molecule has 224 valence electrons. The Balaban J connectivity index is 1.45. The normalized spacial score (nSPS) is 18.0. The Morgan fingerprint density at radius 2 is 1.88 bits per heavy atom. The first-order chi connectivity index (χ1) is 20.0. The highest BCUT2D eigenvalue weighted by Crippen LogP contribution is 2.27. The van der Waals surface area contributed by atoms with E-state index in [9.17, 15) is 19.6 Å². The highest BCUT2D eigenvalue weighted by molar-refractivity contribution is 5.87. The van der Waals surface area contributed by atoms with E-state index in [4.69, 9.17) is 13.9 Å². The van der Waals surface area contributed by atoms with Gasteiger partial charge in [-0.3, -0.25) is 14.3 Å². The lowest BCUT2D eigenvalue weighted by molar-refractivity contribution is -0.130. The fraction of sp³-hybridized carbons (Fsp3) is 0.500. The van der Waals surface area contributed by atoms with Gasteiger partial charge in [0.2, 0.25) is 5.91 Å². The van der Waals surface area contributed by atoms with Crippen molar-refractivity contribution in [3.8, 4) is 17.2 Å². The molecule has 0 bridgehead atoms. The number of hydrogen-bond acceptors (Lipinski definition) is 7. The highest BCUT2D eigenvalue weighted by atomic mass is 16.6. The number of oxazole rings is 1. The molecule has 1 fully saturated rings. The Hall–Kier alpha value is -4.10. The third kappa shape index (κ3) is 7.39. The van der Waals surface area contributed by atoms with Crippen LogP contribution in [0.4, 0.5) is 4.79 Å². The number of hydrogen-bond donors (Lipinski definition) is 1. The monoisotopic (exact) mass is 576 g/mol. The molecular formula is C32H40N4O6. The molecule has 2 aromatic carbocycles. The van der Waals surface area contributed by atoms with Crippen LogP contribution < -0.4 is 11.1 Å². The van der Waals surface area contributed by atoms with Crippen LogP contribution in [0.25, 0.3) is 22.2 Å². The van der Waals surface area contributed by atoms with Crippen LogP contribution in [-0.4, -0.2) is 59.4 Å². The van der Waals surface area contributed by atoms with Gasteiger partial charge in [-0.1, -0.05) is 37.3 Å². The molecular weight excluding hydrogens is 536 g/mol. The Labute approximate surface area is 246 Å². The van der Waals surface area contributed by atoms with Gasteiger partial charge in [0.25, 0.3) is 0 Å². The average molecular weight is 577 g/mol. The SMILES string of the molecule is COCCCn1c(=O)oc2ccc(-c3ccc(C[C@@H](C#N)NC(=O)[C@@H]4[C@H](C)CCCN4C(=O)OC(C)(C)C)cc3)cc21. The predicted molar refractivity (Wildman–Crippen MR) is 159 cm³/mol. The molecule has 0 saturated carbocycles. The maximum Gasteiger partial charge on any atom is 0.419 e. The molecule has 0 unspecified atom stereocenters. The first-order valence-electron chi connectivity index (χ1n) is 14.4. The van der Waals surface area contributed by atoms with E-state index in [1.807, 2.05) is 43.3 Å². The lowest BCUT2D eigenvalue weighted by atomic mass is 9.90. The molecule has 1 N–H and O–H groups in total. The number of nitrogens with zero attached hydrogens (tertiary/aromatic N) is 3. The maximum atomic E-state index is 13.4. The smallest absolute Gasteiger partial charge is 0.419 e. The molecule has 1 aliphatic heterocycles. The zero-order valence-corrected chi connectivity index (χ0v) is 25.0. The van der Waals surface area contributed by atoms with Gasteiger partial charge in [0, 0.05) is 33.2 Å². The van der Waals surface area contributed by atoms with E-state index in [0.29, 0.717) is 38.1 Å². The van der Waals surface area contributed by atoms with Crippen molar-refractivity contribution in [2.24, 2.45) is 5.92 Å². The molecule has 3 atom stereocenters. The topological polar surface area (TPSA) is 127 Å². The van der Waals surface area contributed by atoms with E-state index >= 15 is 0 Å². The number of likely N-dealkylation sites (tertiary alicyclic amines) is 1. The van der Waals surface area contributed by atoms with Crippen LogP contribution in [0.1, 0.15) is 52.5 Å². The van der Waals surface area contributed by atoms with Crippen molar-refractivity contribution in [3.63, 3.8) is 0 Å². The second-order valence-corrected chi connectivity index (χ2v) is 11.9. The molecule has 0 aliphatic carbocycles. The van der Waals surface area contributed by atoms with Crippen LogP contribution in [0.2, 0.25) is 0 Å². The van der Waals surface area contributed by atoms with Gasteiger partial charge in [0.15, 0.2) is 5.58 Å². The fourth-order valence-electron chi connectivity index (χ4n) is 5.39. The second kappa shape index (κ2) is 13.3. The van der Waals surface area contributed by atoms with E-state index < -0.39 is 29.5 Å². The summed E-state index contributed by atoms with van der Waals surface area (Å²) in [5.74, 6) is -0.801. The van der Waals surface area contributed by atoms with Crippen molar-refractivity contribution in [2.75, 3.05) is 20.3 Å². The number of piperidine rings is 1. The molecule has 0 radical (unpaired) electrons. The third-order valence-electron chi connectivity index (χ3n) is 7.43. The van der Waals surface area contributed by atoms with Crippen molar-refractivity contribution in [1.29, 1.82) is 5.26 Å². The molecule has 3 aromatic rings. The number of nitrogens with one attached hydrogen (secondary N) is 1. The summed E-state index contributed by atoms with van der Waals surface area (Å²) in [4.78, 5) is 40.0. The van der Waals surface area contributed by atoms with Crippen LogP contribution in [0.5, 0.6) is 0 Å². The number of aromatic nitrogens is 1. The van der Waals surface area contributed by atoms with Crippen molar-refractivity contribution in [2.45, 2.75) is 77.6 Å². The molecule has 2 amide bonds. The maximum absolute atomic E-state index is 13.4. The van der Waals surface area contributed by atoms with Crippen LogP contribution in [0, 0.1) is 17.2 Å². The molecule has 1 aliphatic rings. The van der Waals surface area contributed by atoms with E-state index in [0.717, 1.165) is 35.0 Å². The van der Waals surface area contributed by atoms with Gasteiger partial charge in [0.1, 0.15) is 17.7 Å². The number of carbonyl (C=O) groups is 2. The van der Waals surface area contributed by atoms with Gasteiger partial charge >= 0.3 is 11.8 Å². The quantitative estimate of drug-likeness (QED) is 0.360. The molecule has 4 rings (SSSR count). The summed E-state index contributed by atoms with van der Waals surface area (Å²) >= 11 is 0. The number of carbonyl (C=O) groups excluding carboxylic acids is 2. The van der Waals surface area contributed by atoms with E-state index in [1.165, 1.54) is 4.90 Å². The van der Waals surface area contributed by atoms with Crippen LogP contribution >= 0.6 is 0 Å². The highest BCUT2D eigenvalue weighted by Gasteiger charge is 2.39. The Kier molecular flexibility index (Phi) is 9.74. The zero-order chi connectivity index (χ0) is 30.4. The zero-order valence-electron chi connectivity index (χ0n) is 25.0. The van der Waals surface area contributed by atoms with Gasteiger partial charge in [-0.2, -0.15) is 5.26 Å². The Morgan fingerprint density at radius 3 is 2.55 bits per heavy atom. The first kappa shape index (κ1) is 30.8. The minimum atomic E-state index is -0.762. The summed E-state index contributed by atoms with van der Waals surface area (Å²) in [5.41, 5.74) is 3.33. The predicted octanol–water partition coefficient (Wildman–Crippen LogP) is 4.88. The average Bonchev–Trinajstić information content (AvgIpc) is 3.26. The molecule has 10 nitrogen and oxygen atoms in total. The van der Waals surface area contributed by atoms with Crippen LogP contribution in [0.15, 0.2) is 51.7 Å². The van der Waals surface area contributed by atoms with Gasteiger partial charge in [-0.25, -0.2) is 9.59 Å². The third-order valence-corrected chi connectivity index (χ3v) is 7.43.